The van der Waals surface area contributed by atoms with Crippen LogP contribution in [0, 0.1) is 6.92 Å². The molecule has 0 saturated heterocycles. The lowest BCUT2D eigenvalue weighted by molar-refractivity contribution is 0.193. The van der Waals surface area contributed by atoms with Crippen molar-refractivity contribution in [3.63, 3.8) is 0 Å². The van der Waals surface area contributed by atoms with Gasteiger partial charge in [0, 0.05) is 33.9 Å². The average molecular weight is 416 g/mol. The van der Waals surface area contributed by atoms with Gasteiger partial charge in [-0.2, -0.15) is 0 Å². The van der Waals surface area contributed by atoms with Crippen LogP contribution in [0.3, 0.4) is 0 Å². The zero-order valence-corrected chi connectivity index (χ0v) is 17.4. The Bertz CT molecular complexity index is 1210. The molecule has 4 aromatic rings. The van der Waals surface area contributed by atoms with Crippen LogP contribution in [0.5, 0.6) is 0 Å². The second kappa shape index (κ2) is 7.54. The number of carbonyl (C=O) groups excluding carboxylic acids is 1. The van der Waals surface area contributed by atoms with Gasteiger partial charge in [-0.15, -0.1) is 0 Å². The molecule has 1 aliphatic heterocycles. The molecule has 0 spiro atoms. The molecule has 150 valence electrons. The van der Waals surface area contributed by atoms with Crippen molar-refractivity contribution in [2.45, 2.75) is 19.4 Å². The number of aryl methyl sites for hydroxylation is 1. The summed E-state index contributed by atoms with van der Waals surface area (Å²) in [5.74, 6) is 0. The van der Waals surface area contributed by atoms with Gasteiger partial charge in [0.25, 0.3) is 0 Å². The monoisotopic (exact) mass is 415 g/mol. The Morgan fingerprint density at radius 2 is 1.77 bits per heavy atom. The first kappa shape index (κ1) is 18.8. The van der Waals surface area contributed by atoms with Crippen LogP contribution >= 0.6 is 11.6 Å². The smallest absolute Gasteiger partial charge is 0.322 e. The molecule has 1 aromatic heterocycles. The van der Waals surface area contributed by atoms with E-state index in [4.69, 9.17) is 11.6 Å². The third-order valence-corrected chi connectivity index (χ3v) is 6.04. The fourth-order valence-corrected chi connectivity index (χ4v) is 4.41. The molecule has 3 aromatic carbocycles. The van der Waals surface area contributed by atoms with Gasteiger partial charge >= 0.3 is 6.03 Å². The van der Waals surface area contributed by atoms with Gasteiger partial charge in [0.05, 0.1) is 6.04 Å². The zero-order chi connectivity index (χ0) is 20.7. The number of hydrogen-bond acceptors (Lipinski definition) is 1. The number of aromatic nitrogens is 1. The van der Waals surface area contributed by atoms with Crippen LogP contribution in [0.25, 0.3) is 10.9 Å². The summed E-state index contributed by atoms with van der Waals surface area (Å²) in [7, 11) is 0. The summed E-state index contributed by atoms with van der Waals surface area (Å²) < 4.78 is 0. The number of hydrogen-bond donors (Lipinski definition) is 2. The molecule has 0 bridgehead atoms. The van der Waals surface area contributed by atoms with Gasteiger partial charge in [0.1, 0.15) is 0 Å². The lowest BCUT2D eigenvalue weighted by atomic mass is 9.92. The molecule has 2 amide bonds. The molecule has 0 unspecified atom stereocenters. The SMILES string of the molecule is Cc1ccc([C@@H]2c3[nH]c4ccccc4c3CCN2C(=O)Nc2ccc(Cl)cc2)cc1. The molecular formula is C25H22ClN3O. The van der Waals surface area contributed by atoms with Crippen LogP contribution in [-0.4, -0.2) is 22.5 Å². The normalized spacial score (nSPS) is 15.8. The molecule has 0 radical (unpaired) electrons. The first-order valence-electron chi connectivity index (χ1n) is 10.1. The molecule has 5 heteroatoms. The summed E-state index contributed by atoms with van der Waals surface area (Å²) >= 11 is 5.98. The Morgan fingerprint density at radius 1 is 1.03 bits per heavy atom. The number of benzene rings is 3. The van der Waals surface area contributed by atoms with E-state index in [0.29, 0.717) is 11.6 Å². The van der Waals surface area contributed by atoms with Gasteiger partial charge in [-0.05, 0) is 54.8 Å². The third kappa shape index (κ3) is 3.33. The van der Waals surface area contributed by atoms with Crippen molar-refractivity contribution >= 4 is 34.2 Å². The lowest BCUT2D eigenvalue weighted by Gasteiger charge is -2.36. The van der Waals surface area contributed by atoms with Crippen molar-refractivity contribution in [1.29, 1.82) is 0 Å². The average Bonchev–Trinajstić information content (AvgIpc) is 3.14. The zero-order valence-electron chi connectivity index (χ0n) is 16.7. The van der Waals surface area contributed by atoms with Crippen LogP contribution in [0.1, 0.15) is 28.4 Å². The molecule has 5 rings (SSSR count). The fourth-order valence-electron chi connectivity index (χ4n) is 4.28. The van der Waals surface area contributed by atoms with Crippen LogP contribution in [-0.2, 0) is 6.42 Å². The number of nitrogens with zero attached hydrogens (tertiary/aromatic N) is 1. The summed E-state index contributed by atoms with van der Waals surface area (Å²) in [5, 5.41) is 4.91. The number of halogens is 1. The van der Waals surface area contributed by atoms with E-state index in [1.165, 1.54) is 16.5 Å². The number of carbonyl (C=O) groups is 1. The summed E-state index contributed by atoms with van der Waals surface area (Å²) in [6.45, 7) is 2.72. The summed E-state index contributed by atoms with van der Waals surface area (Å²) in [4.78, 5) is 18.8. The van der Waals surface area contributed by atoms with Gasteiger partial charge in [-0.3, -0.25) is 0 Å². The Morgan fingerprint density at radius 3 is 2.53 bits per heavy atom. The van der Waals surface area contributed by atoms with Gasteiger partial charge in [0.2, 0.25) is 0 Å². The molecule has 2 heterocycles. The Labute approximate surface area is 180 Å². The maximum atomic E-state index is 13.3. The summed E-state index contributed by atoms with van der Waals surface area (Å²) in [6.07, 6.45) is 0.815. The predicted octanol–water partition coefficient (Wildman–Crippen LogP) is 6.31. The van der Waals surface area contributed by atoms with E-state index in [1.54, 1.807) is 12.1 Å². The maximum absolute atomic E-state index is 13.3. The van der Waals surface area contributed by atoms with E-state index in [0.717, 1.165) is 28.9 Å². The molecule has 2 N–H and O–H groups in total. The number of H-pyrrole nitrogens is 1. The lowest BCUT2D eigenvalue weighted by Crippen LogP contribution is -2.43. The van der Waals surface area contributed by atoms with Crippen molar-refractivity contribution in [3.05, 3.63) is 100 Å². The molecular weight excluding hydrogens is 394 g/mol. The number of rotatable bonds is 2. The molecule has 0 fully saturated rings. The molecule has 1 atom stereocenters. The largest absolute Gasteiger partial charge is 0.356 e. The topological polar surface area (TPSA) is 48.1 Å². The number of amides is 2. The number of fused-ring (bicyclic) bond motifs is 3. The highest BCUT2D eigenvalue weighted by atomic mass is 35.5. The van der Waals surface area contributed by atoms with E-state index in [2.05, 4.69) is 59.7 Å². The third-order valence-electron chi connectivity index (χ3n) is 5.78. The number of anilines is 1. The fraction of sp³-hybridized carbons (Fsp3) is 0.160. The first-order valence-corrected chi connectivity index (χ1v) is 10.5. The number of nitrogens with one attached hydrogen (secondary N) is 2. The van der Waals surface area contributed by atoms with E-state index in [9.17, 15) is 4.79 Å². The van der Waals surface area contributed by atoms with E-state index in [1.807, 2.05) is 23.1 Å². The van der Waals surface area contributed by atoms with Crippen molar-refractivity contribution < 1.29 is 4.79 Å². The molecule has 30 heavy (non-hydrogen) atoms. The Hall–Kier alpha value is -3.24. The van der Waals surface area contributed by atoms with Crippen molar-refractivity contribution in [2.24, 2.45) is 0 Å². The predicted molar refractivity (Wildman–Crippen MR) is 122 cm³/mol. The van der Waals surface area contributed by atoms with Gasteiger partial charge < -0.3 is 15.2 Å². The molecule has 1 aliphatic rings. The molecule has 4 nitrogen and oxygen atoms in total. The number of urea groups is 1. The van der Waals surface area contributed by atoms with Crippen LogP contribution in [0.4, 0.5) is 10.5 Å². The first-order chi connectivity index (χ1) is 14.6. The molecule has 0 aliphatic carbocycles. The highest BCUT2D eigenvalue weighted by Gasteiger charge is 2.34. The van der Waals surface area contributed by atoms with E-state index < -0.39 is 0 Å². The minimum atomic E-state index is -0.172. The Kier molecular flexibility index (Phi) is 4.72. The maximum Gasteiger partial charge on any atom is 0.322 e. The van der Waals surface area contributed by atoms with Crippen molar-refractivity contribution in [2.75, 3.05) is 11.9 Å². The van der Waals surface area contributed by atoms with E-state index in [-0.39, 0.29) is 12.1 Å². The van der Waals surface area contributed by atoms with Gasteiger partial charge in [0.15, 0.2) is 0 Å². The van der Waals surface area contributed by atoms with Crippen molar-refractivity contribution in [3.8, 4) is 0 Å². The highest BCUT2D eigenvalue weighted by molar-refractivity contribution is 6.30. The van der Waals surface area contributed by atoms with Gasteiger partial charge in [-0.25, -0.2) is 4.79 Å². The quantitative estimate of drug-likeness (QED) is 0.396. The second-order valence-electron chi connectivity index (χ2n) is 7.76. The number of aromatic amines is 1. The van der Waals surface area contributed by atoms with E-state index >= 15 is 0 Å². The van der Waals surface area contributed by atoms with Gasteiger partial charge in [-0.1, -0.05) is 59.6 Å². The standard InChI is InChI=1S/C25H22ClN3O/c1-16-6-8-17(9-7-16)24-23-21(20-4-2-3-5-22(20)28-23)14-15-29(24)25(30)27-19-12-10-18(26)11-13-19/h2-13,24,28H,14-15H2,1H3,(H,27,30)/t24-/m1/s1. The minimum Gasteiger partial charge on any atom is -0.356 e. The summed E-state index contributed by atoms with van der Waals surface area (Å²) in [5.41, 5.74) is 6.53. The number of para-hydroxylation sites is 1. The highest BCUT2D eigenvalue weighted by Crippen LogP contribution is 2.38. The van der Waals surface area contributed by atoms with Crippen LogP contribution in [0.15, 0.2) is 72.8 Å². The van der Waals surface area contributed by atoms with Crippen LogP contribution < -0.4 is 5.32 Å². The second-order valence-corrected chi connectivity index (χ2v) is 8.19. The van der Waals surface area contributed by atoms with Crippen LogP contribution in [0.2, 0.25) is 5.02 Å². The Balaban J connectivity index is 1.56. The minimum absolute atomic E-state index is 0.118. The summed E-state index contributed by atoms with van der Waals surface area (Å²) in [6, 6.07) is 23.7. The van der Waals surface area contributed by atoms with Crippen molar-refractivity contribution in [1.82, 2.24) is 9.88 Å². The molecule has 0 saturated carbocycles.